The maximum Gasteiger partial charge on any atom is -0.0124 e. The third-order valence-corrected chi connectivity index (χ3v) is 3.85. The summed E-state index contributed by atoms with van der Waals surface area (Å²) in [6.07, 6.45) is 12.1. The highest BCUT2D eigenvalue weighted by Crippen LogP contribution is 2.30. The molecule has 2 rings (SSSR count). The number of hydrogen-bond donors (Lipinski definition) is 0. The first kappa shape index (κ1) is 11.7. The molecule has 87 valence electrons. The van der Waals surface area contributed by atoms with E-state index in [4.69, 9.17) is 0 Å². The summed E-state index contributed by atoms with van der Waals surface area (Å²) in [5.74, 6) is 0.825. The zero-order chi connectivity index (χ0) is 11.2. The molecule has 0 atom stereocenters. The molecule has 1 aromatic carbocycles. The predicted molar refractivity (Wildman–Crippen MR) is 70.6 cm³/mol. The van der Waals surface area contributed by atoms with E-state index in [9.17, 15) is 0 Å². The molecule has 0 aromatic heterocycles. The van der Waals surface area contributed by atoms with Gasteiger partial charge in [-0.25, -0.2) is 0 Å². The lowest BCUT2D eigenvalue weighted by Gasteiger charge is -2.20. The van der Waals surface area contributed by atoms with Crippen molar-refractivity contribution in [3.05, 3.63) is 41.8 Å². The van der Waals surface area contributed by atoms with Crippen molar-refractivity contribution >= 4 is 0 Å². The summed E-state index contributed by atoms with van der Waals surface area (Å²) in [7, 11) is 0. The lowest BCUT2D eigenvalue weighted by molar-refractivity contribution is 0.455. The SMILES string of the molecule is C[CH]c1ccc(C2CCCCCCC2)cc1. The summed E-state index contributed by atoms with van der Waals surface area (Å²) >= 11 is 0. The first-order valence-corrected chi connectivity index (χ1v) is 6.79. The minimum Gasteiger partial charge on any atom is -0.0585 e. The van der Waals surface area contributed by atoms with Crippen LogP contribution in [0.2, 0.25) is 0 Å². The van der Waals surface area contributed by atoms with E-state index in [0.29, 0.717) is 0 Å². The van der Waals surface area contributed by atoms with Crippen LogP contribution < -0.4 is 0 Å². The fourth-order valence-corrected chi connectivity index (χ4v) is 2.75. The molecule has 0 spiro atoms. The van der Waals surface area contributed by atoms with E-state index in [1.165, 1.54) is 50.5 Å². The Labute approximate surface area is 100 Å². The zero-order valence-electron chi connectivity index (χ0n) is 10.4. The van der Waals surface area contributed by atoms with Crippen LogP contribution in [0.5, 0.6) is 0 Å². The van der Waals surface area contributed by atoms with Gasteiger partial charge in [-0.05, 0) is 36.3 Å². The molecule has 1 aliphatic carbocycles. The summed E-state index contributed by atoms with van der Waals surface area (Å²) < 4.78 is 0. The lowest BCUT2D eigenvalue weighted by Crippen LogP contribution is -2.02. The second-order valence-corrected chi connectivity index (χ2v) is 5.00. The Hall–Kier alpha value is -0.780. The highest BCUT2D eigenvalue weighted by Gasteiger charge is 2.12. The van der Waals surface area contributed by atoms with Crippen molar-refractivity contribution in [3.8, 4) is 0 Å². The Morgan fingerprint density at radius 2 is 1.44 bits per heavy atom. The van der Waals surface area contributed by atoms with Crippen LogP contribution in [0, 0.1) is 6.42 Å². The molecule has 1 aliphatic rings. The summed E-state index contributed by atoms with van der Waals surface area (Å²) in [4.78, 5) is 0. The molecule has 0 nitrogen and oxygen atoms in total. The molecular weight excluding hydrogens is 192 g/mol. The maximum atomic E-state index is 2.33. The molecule has 1 saturated carbocycles. The van der Waals surface area contributed by atoms with Gasteiger partial charge in [-0.3, -0.25) is 0 Å². The van der Waals surface area contributed by atoms with Crippen LogP contribution >= 0.6 is 0 Å². The average molecular weight is 215 g/mol. The van der Waals surface area contributed by atoms with Gasteiger partial charge in [0.25, 0.3) is 0 Å². The maximum absolute atomic E-state index is 2.33. The molecule has 1 aromatic rings. The van der Waals surface area contributed by atoms with Gasteiger partial charge in [0.1, 0.15) is 0 Å². The second-order valence-electron chi connectivity index (χ2n) is 5.00. The van der Waals surface area contributed by atoms with Crippen LogP contribution in [0.25, 0.3) is 0 Å². The van der Waals surface area contributed by atoms with E-state index >= 15 is 0 Å². The molecule has 0 unspecified atom stereocenters. The molecule has 0 aliphatic heterocycles. The number of benzene rings is 1. The molecule has 0 N–H and O–H groups in total. The Kier molecular flexibility index (Phi) is 4.44. The Morgan fingerprint density at radius 1 is 0.875 bits per heavy atom. The smallest absolute Gasteiger partial charge is 0.0124 e. The van der Waals surface area contributed by atoms with E-state index in [-0.39, 0.29) is 0 Å². The van der Waals surface area contributed by atoms with Crippen molar-refractivity contribution in [1.29, 1.82) is 0 Å². The summed E-state index contributed by atoms with van der Waals surface area (Å²) in [6, 6.07) is 9.19. The molecule has 0 saturated heterocycles. The predicted octanol–water partition coefficient (Wildman–Crippen LogP) is 5.09. The molecular formula is C16H23. The fourth-order valence-electron chi connectivity index (χ4n) is 2.75. The van der Waals surface area contributed by atoms with Gasteiger partial charge in [0, 0.05) is 0 Å². The van der Waals surface area contributed by atoms with Crippen LogP contribution in [0.1, 0.15) is 68.9 Å². The Bertz CT molecular complexity index is 288. The van der Waals surface area contributed by atoms with Crippen LogP contribution in [0.4, 0.5) is 0 Å². The van der Waals surface area contributed by atoms with Gasteiger partial charge in [-0.15, -0.1) is 0 Å². The van der Waals surface area contributed by atoms with Crippen molar-refractivity contribution in [3.63, 3.8) is 0 Å². The van der Waals surface area contributed by atoms with Gasteiger partial charge in [-0.1, -0.05) is 63.3 Å². The first-order chi connectivity index (χ1) is 7.90. The van der Waals surface area contributed by atoms with E-state index in [1.807, 2.05) is 0 Å². The van der Waals surface area contributed by atoms with E-state index in [2.05, 4.69) is 37.6 Å². The quantitative estimate of drug-likeness (QED) is 0.645. The van der Waals surface area contributed by atoms with Gasteiger partial charge in [0.2, 0.25) is 0 Å². The minimum atomic E-state index is 0.825. The third-order valence-electron chi connectivity index (χ3n) is 3.85. The van der Waals surface area contributed by atoms with Crippen LogP contribution in [0.3, 0.4) is 0 Å². The minimum absolute atomic E-state index is 0.825. The summed E-state index contributed by atoms with van der Waals surface area (Å²) in [6.45, 7) is 2.10. The highest BCUT2D eigenvalue weighted by molar-refractivity contribution is 5.29. The zero-order valence-corrected chi connectivity index (χ0v) is 10.4. The molecule has 16 heavy (non-hydrogen) atoms. The van der Waals surface area contributed by atoms with E-state index < -0.39 is 0 Å². The normalized spacial score (nSPS) is 19.1. The fraction of sp³-hybridized carbons (Fsp3) is 0.562. The van der Waals surface area contributed by atoms with E-state index in [0.717, 1.165) is 5.92 Å². The summed E-state index contributed by atoms with van der Waals surface area (Å²) in [5.41, 5.74) is 2.90. The Balaban J connectivity index is 2.02. The molecule has 1 fully saturated rings. The lowest BCUT2D eigenvalue weighted by atomic mass is 9.86. The van der Waals surface area contributed by atoms with Crippen molar-refractivity contribution in [1.82, 2.24) is 0 Å². The molecule has 0 heterocycles. The van der Waals surface area contributed by atoms with Crippen LogP contribution in [0.15, 0.2) is 24.3 Å². The van der Waals surface area contributed by atoms with Gasteiger partial charge < -0.3 is 0 Å². The van der Waals surface area contributed by atoms with Crippen molar-refractivity contribution < 1.29 is 0 Å². The highest BCUT2D eigenvalue weighted by atomic mass is 14.2. The van der Waals surface area contributed by atoms with Gasteiger partial charge in [-0.2, -0.15) is 0 Å². The number of hydrogen-bond acceptors (Lipinski definition) is 0. The van der Waals surface area contributed by atoms with Crippen molar-refractivity contribution in [2.24, 2.45) is 0 Å². The second kappa shape index (κ2) is 6.08. The molecule has 1 radical (unpaired) electrons. The monoisotopic (exact) mass is 215 g/mol. The van der Waals surface area contributed by atoms with Crippen molar-refractivity contribution in [2.75, 3.05) is 0 Å². The molecule has 0 amide bonds. The topological polar surface area (TPSA) is 0 Å². The molecule has 0 heteroatoms. The average Bonchev–Trinajstić information content (AvgIpc) is 2.29. The van der Waals surface area contributed by atoms with Gasteiger partial charge >= 0.3 is 0 Å². The first-order valence-electron chi connectivity index (χ1n) is 6.79. The largest absolute Gasteiger partial charge is 0.0585 e. The standard InChI is InChI=1S/C16H23/c1-2-14-10-12-16(13-11-14)15-8-6-4-3-5-7-9-15/h2,10-13,15H,3-9H2,1H3. The van der Waals surface area contributed by atoms with Crippen LogP contribution in [-0.2, 0) is 0 Å². The third kappa shape index (κ3) is 3.10. The van der Waals surface area contributed by atoms with Crippen molar-refractivity contribution in [2.45, 2.75) is 57.8 Å². The van der Waals surface area contributed by atoms with Gasteiger partial charge in [0.05, 0.1) is 0 Å². The number of rotatable bonds is 2. The Morgan fingerprint density at radius 3 is 2.00 bits per heavy atom. The molecule has 0 bridgehead atoms. The summed E-state index contributed by atoms with van der Waals surface area (Å²) in [5, 5.41) is 0. The van der Waals surface area contributed by atoms with E-state index in [1.54, 1.807) is 5.56 Å². The van der Waals surface area contributed by atoms with Gasteiger partial charge in [0.15, 0.2) is 0 Å². The van der Waals surface area contributed by atoms with Crippen LogP contribution in [-0.4, -0.2) is 0 Å².